The molecule has 2 unspecified atom stereocenters. The number of nitrogens with zero attached hydrogens (tertiary/aromatic N) is 1. The molecule has 4 rings (SSSR count). The summed E-state index contributed by atoms with van der Waals surface area (Å²) < 4.78 is 5.67. The van der Waals surface area contributed by atoms with Gasteiger partial charge < -0.3 is 9.73 Å². The van der Waals surface area contributed by atoms with E-state index >= 15 is 0 Å². The van der Waals surface area contributed by atoms with Gasteiger partial charge in [-0.3, -0.25) is 9.69 Å². The Morgan fingerprint density at radius 3 is 3.00 bits per heavy atom. The second-order valence-electron chi connectivity index (χ2n) is 7.74. The van der Waals surface area contributed by atoms with Crippen molar-refractivity contribution in [1.82, 2.24) is 10.2 Å². The maximum absolute atomic E-state index is 12.8. The highest BCUT2D eigenvalue weighted by Gasteiger charge is 2.26. The molecule has 0 bridgehead atoms. The average molecular weight is 373 g/mol. The van der Waals surface area contributed by atoms with Gasteiger partial charge >= 0.3 is 0 Å². The fraction of sp³-hybridized carbons (Fsp3) is 0.571. The van der Waals surface area contributed by atoms with E-state index in [1.54, 1.807) is 17.6 Å². The number of furan rings is 1. The van der Waals surface area contributed by atoms with Gasteiger partial charge in [0.05, 0.1) is 17.2 Å². The van der Waals surface area contributed by atoms with Crippen LogP contribution in [0.1, 0.15) is 64.5 Å². The fourth-order valence-corrected chi connectivity index (χ4v) is 5.34. The summed E-state index contributed by atoms with van der Waals surface area (Å²) in [6, 6.07) is 6.21. The molecule has 2 aromatic rings. The van der Waals surface area contributed by atoms with E-state index in [0.717, 1.165) is 42.5 Å². The first kappa shape index (κ1) is 17.8. The predicted octanol–water partition coefficient (Wildman–Crippen LogP) is 4.42. The number of nitrogens with one attached hydrogen (secondary N) is 1. The van der Waals surface area contributed by atoms with E-state index in [4.69, 9.17) is 4.42 Å². The van der Waals surface area contributed by atoms with E-state index in [1.807, 2.05) is 12.1 Å². The van der Waals surface area contributed by atoms with E-state index in [0.29, 0.717) is 6.54 Å². The monoisotopic (exact) mass is 372 g/mol. The van der Waals surface area contributed by atoms with Crippen LogP contribution in [-0.2, 0) is 12.8 Å². The largest absolute Gasteiger partial charge is 0.468 e. The summed E-state index contributed by atoms with van der Waals surface area (Å²) in [7, 11) is 0. The fourth-order valence-electron chi connectivity index (χ4n) is 4.21. The van der Waals surface area contributed by atoms with Gasteiger partial charge in [-0.15, -0.1) is 11.3 Å². The molecule has 1 N–H and O–H groups in total. The van der Waals surface area contributed by atoms with Crippen LogP contribution in [0, 0.1) is 5.92 Å². The molecule has 1 amide bonds. The quantitative estimate of drug-likeness (QED) is 0.845. The van der Waals surface area contributed by atoms with Crippen molar-refractivity contribution in [3.63, 3.8) is 0 Å². The molecule has 2 aliphatic rings. The summed E-state index contributed by atoms with van der Waals surface area (Å²) in [6.45, 7) is 5.05. The highest BCUT2D eigenvalue weighted by atomic mass is 32.1. The third kappa shape index (κ3) is 3.89. The average Bonchev–Trinajstić information content (AvgIpc) is 3.32. The Morgan fingerprint density at radius 1 is 1.38 bits per heavy atom. The second kappa shape index (κ2) is 7.97. The Kier molecular flexibility index (Phi) is 5.46. The van der Waals surface area contributed by atoms with Crippen molar-refractivity contribution >= 4 is 17.2 Å². The second-order valence-corrected chi connectivity index (χ2v) is 8.88. The molecule has 0 aromatic carbocycles. The summed E-state index contributed by atoms with van der Waals surface area (Å²) in [5, 5.41) is 3.17. The van der Waals surface area contributed by atoms with Gasteiger partial charge in [0, 0.05) is 11.4 Å². The number of thiophene rings is 1. The molecule has 0 spiro atoms. The van der Waals surface area contributed by atoms with Gasteiger partial charge in [0.1, 0.15) is 5.76 Å². The minimum atomic E-state index is 0.0608. The Labute approximate surface area is 159 Å². The normalized spacial score (nSPS) is 22.0. The van der Waals surface area contributed by atoms with E-state index < -0.39 is 0 Å². The van der Waals surface area contributed by atoms with Gasteiger partial charge in [0.25, 0.3) is 5.91 Å². The first-order valence-corrected chi connectivity index (χ1v) is 10.7. The van der Waals surface area contributed by atoms with Crippen LogP contribution in [0.3, 0.4) is 0 Å². The van der Waals surface area contributed by atoms with E-state index in [9.17, 15) is 4.79 Å². The predicted molar refractivity (Wildman–Crippen MR) is 105 cm³/mol. The zero-order chi connectivity index (χ0) is 17.9. The summed E-state index contributed by atoms with van der Waals surface area (Å²) in [5.41, 5.74) is 1.39. The number of fused-ring (bicyclic) bond motifs is 1. The van der Waals surface area contributed by atoms with Crippen LogP contribution in [0.2, 0.25) is 0 Å². The Bertz CT molecular complexity index is 731. The van der Waals surface area contributed by atoms with Crippen LogP contribution < -0.4 is 5.32 Å². The summed E-state index contributed by atoms with van der Waals surface area (Å²) in [5.74, 6) is 1.74. The van der Waals surface area contributed by atoms with Crippen molar-refractivity contribution in [3.05, 3.63) is 45.5 Å². The van der Waals surface area contributed by atoms with Gasteiger partial charge in [-0.2, -0.15) is 0 Å². The lowest BCUT2D eigenvalue weighted by atomic mass is 9.90. The highest BCUT2D eigenvalue weighted by molar-refractivity contribution is 7.14. The van der Waals surface area contributed by atoms with Gasteiger partial charge in [-0.05, 0) is 74.9 Å². The molecule has 0 radical (unpaired) electrons. The van der Waals surface area contributed by atoms with E-state index in [2.05, 4.69) is 23.2 Å². The molecule has 1 aliphatic heterocycles. The zero-order valence-electron chi connectivity index (χ0n) is 15.5. The standard InChI is InChI=1S/C21H28N2O2S/c1-15-7-8-19-16(12-15)13-20(26-19)21(24)22-14-17(18-6-5-11-25-18)23-9-3-2-4-10-23/h5-6,11,13,15,17H,2-4,7-10,12,14H2,1H3,(H,22,24). The molecular formula is C21H28N2O2S. The van der Waals surface area contributed by atoms with Crippen LogP contribution in [0.4, 0.5) is 0 Å². The number of rotatable bonds is 5. The number of likely N-dealkylation sites (tertiary alicyclic amines) is 1. The number of carbonyl (C=O) groups is 1. The topological polar surface area (TPSA) is 45.5 Å². The molecule has 26 heavy (non-hydrogen) atoms. The summed E-state index contributed by atoms with van der Waals surface area (Å²) in [4.78, 5) is 17.5. The molecule has 4 nitrogen and oxygen atoms in total. The summed E-state index contributed by atoms with van der Waals surface area (Å²) in [6.07, 6.45) is 8.95. The van der Waals surface area contributed by atoms with Gasteiger partial charge in [-0.25, -0.2) is 0 Å². The summed E-state index contributed by atoms with van der Waals surface area (Å²) >= 11 is 1.68. The SMILES string of the molecule is CC1CCc2sc(C(=O)NCC(c3ccco3)N3CCCCC3)cc2C1. The minimum Gasteiger partial charge on any atom is -0.468 e. The van der Waals surface area contributed by atoms with Crippen molar-refractivity contribution < 1.29 is 9.21 Å². The minimum absolute atomic E-state index is 0.0608. The number of aryl methyl sites for hydroxylation is 1. The number of hydrogen-bond acceptors (Lipinski definition) is 4. The smallest absolute Gasteiger partial charge is 0.261 e. The molecule has 2 atom stereocenters. The number of amides is 1. The van der Waals surface area contributed by atoms with Crippen LogP contribution in [0.15, 0.2) is 28.9 Å². The lowest BCUT2D eigenvalue weighted by Crippen LogP contribution is -2.40. The lowest BCUT2D eigenvalue weighted by Gasteiger charge is -2.33. The van der Waals surface area contributed by atoms with Gasteiger partial charge in [0.15, 0.2) is 0 Å². The van der Waals surface area contributed by atoms with Crippen LogP contribution >= 0.6 is 11.3 Å². The molecule has 5 heteroatoms. The molecule has 0 saturated carbocycles. The van der Waals surface area contributed by atoms with Gasteiger partial charge in [0.2, 0.25) is 0 Å². The van der Waals surface area contributed by atoms with Crippen molar-refractivity contribution in [2.75, 3.05) is 19.6 Å². The molecule has 3 heterocycles. The van der Waals surface area contributed by atoms with Gasteiger partial charge in [-0.1, -0.05) is 13.3 Å². The zero-order valence-corrected chi connectivity index (χ0v) is 16.3. The molecule has 1 aliphatic carbocycles. The maximum Gasteiger partial charge on any atom is 0.261 e. The van der Waals surface area contributed by atoms with Crippen molar-refractivity contribution in [2.45, 2.75) is 51.5 Å². The van der Waals surface area contributed by atoms with Crippen molar-refractivity contribution in [2.24, 2.45) is 5.92 Å². The first-order chi connectivity index (χ1) is 12.7. The van der Waals surface area contributed by atoms with Crippen LogP contribution in [0.5, 0.6) is 0 Å². The third-order valence-corrected chi connectivity index (χ3v) is 6.95. The molecule has 2 aromatic heterocycles. The van der Waals surface area contributed by atoms with E-state index in [-0.39, 0.29) is 11.9 Å². The first-order valence-electron chi connectivity index (χ1n) is 9.88. The molecular weight excluding hydrogens is 344 g/mol. The Hall–Kier alpha value is -1.59. The number of piperidine rings is 1. The molecule has 1 saturated heterocycles. The maximum atomic E-state index is 12.8. The molecule has 1 fully saturated rings. The van der Waals surface area contributed by atoms with Crippen LogP contribution in [0.25, 0.3) is 0 Å². The number of carbonyl (C=O) groups excluding carboxylic acids is 1. The van der Waals surface area contributed by atoms with E-state index in [1.165, 1.54) is 36.1 Å². The Balaban J connectivity index is 1.43. The lowest BCUT2D eigenvalue weighted by molar-refractivity contribution is 0.0918. The van der Waals surface area contributed by atoms with Crippen LogP contribution in [-0.4, -0.2) is 30.4 Å². The molecule has 140 valence electrons. The van der Waals surface area contributed by atoms with Crippen molar-refractivity contribution in [3.8, 4) is 0 Å². The van der Waals surface area contributed by atoms with Crippen molar-refractivity contribution in [1.29, 1.82) is 0 Å². The third-order valence-electron chi connectivity index (χ3n) is 5.71. The number of hydrogen-bond donors (Lipinski definition) is 1. The highest BCUT2D eigenvalue weighted by Crippen LogP contribution is 2.32. The Morgan fingerprint density at radius 2 is 2.23 bits per heavy atom.